The molecule has 0 fully saturated rings. The van der Waals surface area contributed by atoms with Gasteiger partial charge in [0.1, 0.15) is 0 Å². The van der Waals surface area contributed by atoms with Crippen LogP contribution >= 0.6 is 0 Å². The molecule has 2 heterocycles. The van der Waals surface area contributed by atoms with Gasteiger partial charge in [-0.3, -0.25) is 0 Å². The lowest BCUT2D eigenvalue weighted by atomic mass is 9.89. The van der Waals surface area contributed by atoms with Crippen molar-refractivity contribution in [1.82, 2.24) is 9.13 Å². The number of fused-ring (bicyclic) bond motifs is 13. The second kappa shape index (κ2) is 10.8. The summed E-state index contributed by atoms with van der Waals surface area (Å²) < 4.78 is 97.9. The van der Waals surface area contributed by atoms with E-state index in [0.717, 1.165) is 54.9 Å². The van der Waals surface area contributed by atoms with E-state index in [-0.39, 0.29) is 21.5 Å². The van der Waals surface area contributed by atoms with Crippen LogP contribution in [-0.2, 0) is 11.8 Å². The van der Waals surface area contributed by atoms with Crippen LogP contribution in [0.15, 0.2) is 158 Å². The fourth-order valence-electron chi connectivity index (χ4n) is 8.95. The molecule has 0 radical (unpaired) electrons. The Bertz CT molecular complexity index is 3230. The number of hydrogen-bond acceptors (Lipinski definition) is 0. The molecule has 0 unspecified atom stereocenters. The minimum absolute atomic E-state index is 0.166. The second-order valence-electron chi connectivity index (χ2n) is 14.2. The average Bonchev–Trinajstić information content (AvgIpc) is 3.76. The van der Waals surface area contributed by atoms with E-state index in [1.165, 1.54) is 18.2 Å². The molecule has 8 heteroatoms. The van der Waals surface area contributed by atoms with Crippen molar-refractivity contribution in [1.29, 1.82) is 0 Å². The first-order valence-corrected chi connectivity index (χ1v) is 17.8. The first-order chi connectivity index (χ1) is 26.6. The molecule has 2 aromatic heterocycles. The predicted molar refractivity (Wildman–Crippen MR) is 208 cm³/mol. The van der Waals surface area contributed by atoms with Gasteiger partial charge in [-0.15, -0.1) is 0 Å². The number of alkyl halides is 6. The van der Waals surface area contributed by atoms with Gasteiger partial charge in [-0.2, -0.15) is 26.3 Å². The molecule has 0 spiro atoms. The summed E-state index contributed by atoms with van der Waals surface area (Å²) in [5, 5.41) is 3.58. The number of aromatic nitrogens is 2. The molecule has 0 saturated carbocycles. The maximum atomic E-state index is 15.8. The maximum Gasteiger partial charge on any atom is 0.380 e. The molecule has 10 aromatic rings. The van der Waals surface area contributed by atoms with E-state index in [9.17, 15) is 0 Å². The van der Waals surface area contributed by atoms with Gasteiger partial charge in [0.05, 0.1) is 22.1 Å². The highest BCUT2D eigenvalue weighted by molar-refractivity contribution is 6.24. The van der Waals surface area contributed by atoms with Crippen molar-refractivity contribution in [3.63, 3.8) is 0 Å². The third-order valence-electron chi connectivity index (χ3n) is 11.4. The van der Waals surface area contributed by atoms with Gasteiger partial charge in [0.25, 0.3) is 0 Å². The Labute approximate surface area is 309 Å². The highest BCUT2D eigenvalue weighted by atomic mass is 19.3. The Hall–Kier alpha value is -6.54. The summed E-state index contributed by atoms with van der Waals surface area (Å²) in [5.74, 6) is -15.9. The van der Waals surface area contributed by atoms with Gasteiger partial charge < -0.3 is 9.13 Å². The van der Waals surface area contributed by atoms with E-state index >= 15 is 26.3 Å². The number of hydrogen-bond donors (Lipinski definition) is 0. The van der Waals surface area contributed by atoms with Crippen molar-refractivity contribution in [2.45, 2.75) is 17.8 Å². The topological polar surface area (TPSA) is 9.86 Å². The second-order valence-corrected chi connectivity index (χ2v) is 14.2. The summed E-state index contributed by atoms with van der Waals surface area (Å²) in [4.78, 5) is 0. The zero-order valence-electron chi connectivity index (χ0n) is 28.7. The largest absolute Gasteiger partial charge is 0.380 e. The van der Waals surface area contributed by atoms with Crippen molar-refractivity contribution < 1.29 is 26.3 Å². The summed E-state index contributed by atoms with van der Waals surface area (Å²) in [6.07, 6.45) is 0. The van der Waals surface area contributed by atoms with Crippen LogP contribution in [0.2, 0.25) is 0 Å². The molecular formula is C47H26F6N2. The highest BCUT2D eigenvalue weighted by Gasteiger charge is 2.80. The third-order valence-corrected chi connectivity index (χ3v) is 11.4. The molecule has 0 N–H and O–H groups in total. The van der Waals surface area contributed by atoms with Crippen LogP contribution in [0.5, 0.6) is 0 Å². The van der Waals surface area contributed by atoms with Gasteiger partial charge in [0.2, 0.25) is 0 Å². The Morgan fingerprint density at radius 3 is 1.36 bits per heavy atom. The summed E-state index contributed by atoms with van der Waals surface area (Å²) in [7, 11) is 0. The summed E-state index contributed by atoms with van der Waals surface area (Å²) in [6.45, 7) is 0. The molecule has 2 nitrogen and oxygen atoms in total. The number of nitrogens with zero attached hydrogens (tertiary/aromatic N) is 2. The monoisotopic (exact) mass is 732 g/mol. The van der Waals surface area contributed by atoms with Crippen LogP contribution in [0.25, 0.3) is 87.7 Å². The molecule has 55 heavy (non-hydrogen) atoms. The molecule has 1 aliphatic carbocycles. The highest BCUT2D eigenvalue weighted by Crippen LogP contribution is 2.66. The van der Waals surface area contributed by atoms with Crippen LogP contribution < -0.4 is 0 Å². The first kappa shape index (κ1) is 31.9. The number of benzene rings is 8. The van der Waals surface area contributed by atoms with Crippen LogP contribution in [0, 0.1) is 0 Å². The summed E-state index contributed by atoms with van der Waals surface area (Å²) in [5.41, 5.74) is 3.80. The molecule has 8 aromatic carbocycles. The molecule has 0 atom stereocenters. The normalized spacial score (nSPS) is 15.9. The quantitative estimate of drug-likeness (QED) is 0.126. The third kappa shape index (κ3) is 4.01. The zero-order chi connectivity index (χ0) is 37.4. The number of rotatable bonds is 3. The summed E-state index contributed by atoms with van der Waals surface area (Å²) in [6, 6.07) is 48.3. The van der Waals surface area contributed by atoms with E-state index in [2.05, 4.69) is 33.4 Å². The van der Waals surface area contributed by atoms with E-state index < -0.39 is 28.9 Å². The summed E-state index contributed by atoms with van der Waals surface area (Å²) >= 11 is 0. The van der Waals surface area contributed by atoms with E-state index in [0.29, 0.717) is 11.3 Å². The lowest BCUT2D eigenvalue weighted by molar-refractivity contribution is -0.301. The van der Waals surface area contributed by atoms with Crippen molar-refractivity contribution in [2.75, 3.05) is 0 Å². The van der Waals surface area contributed by atoms with Crippen molar-refractivity contribution >= 4 is 65.2 Å². The van der Waals surface area contributed by atoms with Gasteiger partial charge in [0.15, 0.2) is 0 Å². The van der Waals surface area contributed by atoms with Crippen LogP contribution in [0.1, 0.15) is 11.1 Å². The molecule has 11 rings (SSSR count). The molecule has 0 saturated heterocycles. The molecule has 0 bridgehead atoms. The van der Waals surface area contributed by atoms with Crippen LogP contribution in [-0.4, -0.2) is 15.1 Å². The van der Waals surface area contributed by atoms with Gasteiger partial charge in [-0.05, 0) is 75.1 Å². The van der Waals surface area contributed by atoms with Gasteiger partial charge in [-0.1, -0.05) is 115 Å². The van der Waals surface area contributed by atoms with Crippen LogP contribution in [0.4, 0.5) is 26.3 Å². The van der Waals surface area contributed by atoms with Gasteiger partial charge in [-0.25, -0.2) is 0 Å². The maximum absolute atomic E-state index is 15.8. The van der Waals surface area contributed by atoms with Crippen molar-refractivity contribution in [2.24, 2.45) is 0 Å². The van der Waals surface area contributed by atoms with Crippen LogP contribution in [0.3, 0.4) is 0 Å². The Morgan fingerprint density at radius 1 is 0.327 bits per heavy atom. The molecule has 266 valence electrons. The SMILES string of the molecule is FC1(F)c2c(c3ccc(-n4c5ccccc5c5ccc6c7ccccc7n(-c7ccccc7)c6c54)cc3c3cc(-c4ccccc4)ccc23)C(F)(F)C1(F)F. The molecule has 0 aliphatic heterocycles. The minimum atomic E-state index is -5.64. The number of para-hydroxylation sites is 3. The minimum Gasteiger partial charge on any atom is -0.307 e. The van der Waals surface area contributed by atoms with Crippen molar-refractivity contribution in [3.05, 3.63) is 169 Å². The lowest BCUT2D eigenvalue weighted by Crippen LogP contribution is -2.43. The fourth-order valence-corrected chi connectivity index (χ4v) is 8.95. The van der Waals surface area contributed by atoms with Crippen molar-refractivity contribution in [3.8, 4) is 22.5 Å². The Balaban J connectivity index is 1.32. The smallest absolute Gasteiger partial charge is 0.307 e. The average molecular weight is 733 g/mol. The van der Waals surface area contributed by atoms with Gasteiger partial charge in [0, 0.05) is 44.0 Å². The van der Waals surface area contributed by atoms with E-state index in [1.54, 1.807) is 18.2 Å². The zero-order valence-corrected chi connectivity index (χ0v) is 28.7. The first-order valence-electron chi connectivity index (χ1n) is 17.8. The molecule has 1 aliphatic rings. The van der Waals surface area contributed by atoms with E-state index in [1.807, 2.05) is 97.1 Å². The molecular weight excluding hydrogens is 707 g/mol. The number of halogens is 6. The fraction of sp³-hybridized carbons (Fsp3) is 0.0638. The Morgan fingerprint density at radius 2 is 0.782 bits per heavy atom. The lowest BCUT2D eigenvalue weighted by Gasteiger charge is -2.23. The van der Waals surface area contributed by atoms with Gasteiger partial charge >= 0.3 is 17.8 Å². The van der Waals surface area contributed by atoms with E-state index in [4.69, 9.17) is 0 Å². The Kier molecular flexibility index (Phi) is 6.26. The predicted octanol–water partition coefficient (Wildman–Crippen LogP) is 13.7. The standard InChI is InChI=1S/C47H26F6N2/c48-45(49)41-33-21-19-28(27-11-3-1-4-12-27)25-37(33)38-26-30(20-22-34(38)42(41)46(50,51)47(45,52)53)55-40-18-10-8-16-32(40)36-24-23-35-31-15-7-9-17-39(31)54(43(35)44(36)55)29-13-5-2-6-14-29/h1-26H. The molecule has 0 amide bonds.